The van der Waals surface area contributed by atoms with Gasteiger partial charge in [0.05, 0.1) is 18.4 Å². The molecular weight excluding hydrogens is 240 g/mol. The molecule has 3 aromatic heterocycles. The van der Waals surface area contributed by atoms with E-state index < -0.39 is 0 Å². The van der Waals surface area contributed by atoms with Gasteiger partial charge in [0.25, 0.3) is 0 Å². The molecule has 6 nitrogen and oxygen atoms in total. The second-order valence-corrected chi connectivity index (χ2v) is 4.09. The van der Waals surface area contributed by atoms with E-state index in [1.807, 2.05) is 24.4 Å². The van der Waals surface area contributed by atoms with Gasteiger partial charge in [-0.1, -0.05) is 11.3 Å². The highest BCUT2D eigenvalue weighted by atomic mass is 15.4. The summed E-state index contributed by atoms with van der Waals surface area (Å²) >= 11 is 0. The van der Waals surface area contributed by atoms with Crippen LogP contribution in [0.5, 0.6) is 0 Å². The van der Waals surface area contributed by atoms with Crippen molar-refractivity contribution in [1.29, 1.82) is 0 Å². The van der Waals surface area contributed by atoms with Crippen molar-refractivity contribution in [2.75, 3.05) is 5.73 Å². The summed E-state index contributed by atoms with van der Waals surface area (Å²) in [5.74, 6) is 0. The van der Waals surface area contributed by atoms with Crippen LogP contribution in [-0.2, 0) is 6.54 Å². The van der Waals surface area contributed by atoms with Crippen LogP contribution >= 0.6 is 0 Å². The molecule has 0 atom stereocenters. The zero-order chi connectivity index (χ0) is 13.1. The monoisotopic (exact) mass is 252 g/mol. The van der Waals surface area contributed by atoms with Gasteiger partial charge in [-0.05, 0) is 18.2 Å². The van der Waals surface area contributed by atoms with E-state index in [4.69, 9.17) is 5.73 Å². The first-order chi connectivity index (χ1) is 9.33. The van der Waals surface area contributed by atoms with Gasteiger partial charge in [0.15, 0.2) is 0 Å². The van der Waals surface area contributed by atoms with E-state index in [-0.39, 0.29) is 0 Å². The van der Waals surface area contributed by atoms with Crippen molar-refractivity contribution in [2.45, 2.75) is 6.54 Å². The van der Waals surface area contributed by atoms with Crippen LogP contribution in [0.2, 0.25) is 0 Å². The van der Waals surface area contributed by atoms with Crippen molar-refractivity contribution in [3.05, 3.63) is 54.7 Å². The highest BCUT2D eigenvalue weighted by Crippen LogP contribution is 2.21. The summed E-state index contributed by atoms with van der Waals surface area (Å²) in [6, 6.07) is 7.51. The molecule has 0 bridgehead atoms. The molecule has 0 saturated heterocycles. The van der Waals surface area contributed by atoms with Gasteiger partial charge in [-0.15, -0.1) is 5.10 Å². The second kappa shape index (κ2) is 4.85. The number of nitrogen functional groups attached to an aromatic ring is 1. The van der Waals surface area contributed by atoms with Gasteiger partial charge in [-0.25, -0.2) is 4.68 Å². The quantitative estimate of drug-likeness (QED) is 0.761. The van der Waals surface area contributed by atoms with Crippen molar-refractivity contribution < 1.29 is 0 Å². The first kappa shape index (κ1) is 11.3. The maximum Gasteiger partial charge on any atom is 0.116 e. The molecule has 0 radical (unpaired) electrons. The topological polar surface area (TPSA) is 82.5 Å². The minimum absolute atomic E-state index is 0.577. The van der Waals surface area contributed by atoms with Crippen LogP contribution in [-0.4, -0.2) is 25.0 Å². The van der Waals surface area contributed by atoms with Crippen LogP contribution in [0.4, 0.5) is 5.69 Å². The molecule has 0 aliphatic carbocycles. The largest absolute Gasteiger partial charge is 0.398 e. The van der Waals surface area contributed by atoms with E-state index in [1.54, 1.807) is 29.3 Å². The molecule has 0 aromatic carbocycles. The first-order valence-corrected chi connectivity index (χ1v) is 5.83. The van der Waals surface area contributed by atoms with Crippen molar-refractivity contribution in [3.63, 3.8) is 0 Å². The van der Waals surface area contributed by atoms with Crippen molar-refractivity contribution in [1.82, 2.24) is 25.0 Å². The average molecular weight is 252 g/mol. The van der Waals surface area contributed by atoms with E-state index in [0.29, 0.717) is 17.9 Å². The third-order valence-corrected chi connectivity index (χ3v) is 2.72. The summed E-state index contributed by atoms with van der Waals surface area (Å²) in [4.78, 5) is 8.29. The highest BCUT2D eigenvalue weighted by molar-refractivity contribution is 5.71. The summed E-state index contributed by atoms with van der Waals surface area (Å²) in [7, 11) is 0. The Bertz CT molecular complexity index is 676. The molecule has 19 heavy (non-hydrogen) atoms. The molecule has 2 N–H and O–H groups in total. The molecule has 0 aliphatic heterocycles. The van der Waals surface area contributed by atoms with E-state index in [9.17, 15) is 0 Å². The molecule has 0 fully saturated rings. The van der Waals surface area contributed by atoms with Crippen LogP contribution in [0, 0.1) is 0 Å². The number of nitrogens with two attached hydrogens (primary N) is 1. The van der Waals surface area contributed by atoms with Crippen LogP contribution < -0.4 is 5.73 Å². The van der Waals surface area contributed by atoms with Gasteiger partial charge in [-0.2, -0.15) is 0 Å². The van der Waals surface area contributed by atoms with Crippen LogP contribution in [0.3, 0.4) is 0 Å². The minimum Gasteiger partial charge on any atom is -0.398 e. The normalized spacial score (nSPS) is 10.5. The molecule has 0 aliphatic rings. The number of anilines is 1. The van der Waals surface area contributed by atoms with Crippen molar-refractivity contribution >= 4 is 5.69 Å². The number of nitrogens with zero attached hydrogens (tertiary/aromatic N) is 5. The Morgan fingerprint density at radius 1 is 1.16 bits per heavy atom. The number of aromatic nitrogens is 5. The van der Waals surface area contributed by atoms with Crippen molar-refractivity contribution in [3.8, 4) is 11.3 Å². The summed E-state index contributed by atoms with van der Waals surface area (Å²) in [6.07, 6.45) is 6.93. The maximum absolute atomic E-state index is 5.89. The minimum atomic E-state index is 0.577. The van der Waals surface area contributed by atoms with Gasteiger partial charge < -0.3 is 5.73 Å². The lowest BCUT2D eigenvalue weighted by molar-refractivity contribution is 0.639. The number of hydrogen-bond acceptors (Lipinski definition) is 5. The fraction of sp³-hybridized carbons (Fsp3) is 0.0769. The summed E-state index contributed by atoms with van der Waals surface area (Å²) in [6.45, 7) is 0.577. The molecular formula is C13H12N6. The highest BCUT2D eigenvalue weighted by Gasteiger charge is 2.07. The maximum atomic E-state index is 5.89. The fourth-order valence-corrected chi connectivity index (χ4v) is 1.78. The summed E-state index contributed by atoms with van der Waals surface area (Å²) < 4.78 is 1.73. The van der Waals surface area contributed by atoms with E-state index >= 15 is 0 Å². The predicted octanol–water partition coefficient (Wildman–Crippen LogP) is 1.37. The van der Waals surface area contributed by atoms with E-state index in [1.165, 1.54) is 0 Å². The van der Waals surface area contributed by atoms with Crippen LogP contribution in [0.25, 0.3) is 11.3 Å². The zero-order valence-electron chi connectivity index (χ0n) is 10.1. The third kappa shape index (κ3) is 2.42. The Morgan fingerprint density at radius 2 is 2.11 bits per heavy atom. The first-order valence-electron chi connectivity index (χ1n) is 5.83. The van der Waals surface area contributed by atoms with Crippen LogP contribution in [0.1, 0.15) is 5.69 Å². The fourth-order valence-electron chi connectivity index (χ4n) is 1.78. The molecule has 0 saturated carbocycles. The molecule has 0 spiro atoms. The van der Waals surface area contributed by atoms with Gasteiger partial charge in [0.1, 0.15) is 5.69 Å². The molecule has 0 unspecified atom stereocenters. The van der Waals surface area contributed by atoms with Gasteiger partial charge >= 0.3 is 0 Å². The summed E-state index contributed by atoms with van der Waals surface area (Å²) in [5, 5.41) is 8.18. The third-order valence-electron chi connectivity index (χ3n) is 2.72. The molecule has 94 valence electrons. The SMILES string of the molecule is Nc1ccncc1-c1cn(Cc2ccccn2)nn1. The smallest absolute Gasteiger partial charge is 0.116 e. The van der Waals surface area contributed by atoms with Gasteiger partial charge in [0, 0.05) is 29.8 Å². The molecule has 6 heteroatoms. The zero-order valence-corrected chi connectivity index (χ0v) is 10.1. The van der Waals surface area contributed by atoms with E-state index in [0.717, 1.165) is 11.3 Å². The summed E-state index contributed by atoms with van der Waals surface area (Å²) in [5.41, 5.74) is 8.95. The van der Waals surface area contributed by atoms with Gasteiger partial charge in [0.2, 0.25) is 0 Å². The van der Waals surface area contributed by atoms with Gasteiger partial charge in [-0.3, -0.25) is 9.97 Å². The van der Waals surface area contributed by atoms with Crippen molar-refractivity contribution in [2.24, 2.45) is 0 Å². The Morgan fingerprint density at radius 3 is 2.89 bits per heavy atom. The molecule has 3 heterocycles. The molecule has 3 aromatic rings. The average Bonchev–Trinajstić information content (AvgIpc) is 2.89. The molecule has 0 amide bonds. The Kier molecular flexibility index (Phi) is 2.89. The molecule has 3 rings (SSSR count). The number of hydrogen-bond donors (Lipinski definition) is 1. The lowest BCUT2D eigenvalue weighted by atomic mass is 10.2. The predicted molar refractivity (Wildman–Crippen MR) is 71.0 cm³/mol. The lowest BCUT2D eigenvalue weighted by Crippen LogP contribution is -2.01. The Labute approximate surface area is 109 Å². The second-order valence-electron chi connectivity index (χ2n) is 4.09. The standard InChI is InChI=1S/C13H12N6/c14-12-4-6-15-7-11(12)13-9-19(18-17-13)8-10-3-1-2-5-16-10/h1-7,9H,8H2,(H2,14,15). The Balaban J connectivity index is 1.86. The number of pyridine rings is 2. The van der Waals surface area contributed by atoms with Crippen LogP contribution in [0.15, 0.2) is 49.1 Å². The lowest BCUT2D eigenvalue weighted by Gasteiger charge is -2.00. The van der Waals surface area contributed by atoms with E-state index in [2.05, 4.69) is 20.3 Å². The Hall–Kier alpha value is -2.76. The number of rotatable bonds is 3.